The molecule has 2 rings (SSSR count). The van der Waals surface area contributed by atoms with Crippen molar-refractivity contribution >= 4 is 33.4 Å². The molecule has 6 heteroatoms. The summed E-state index contributed by atoms with van der Waals surface area (Å²) in [6.07, 6.45) is 0. The molecule has 0 saturated carbocycles. The zero-order valence-electron chi connectivity index (χ0n) is 10.1. The molecule has 0 atom stereocenters. The molecule has 0 saturated heterocycles. The van der Waals surface area contributed by atoms with Crippen LogP contribution in [0.25, 0.3) is 0 Å². The van der Waals surface area contributed by atoms with Crippen LogP contribution in [-0.2, 0) is 0 Å². The number of anilines is 2. The maximum atomic E-state index is 10.8. The molecule has 0 aliphatic carbocycles. The first-order valence-corrected chi connectivity index (χ1v) is 6.20. The number of hydrogen-bond donors (Lipinski definition) is 2. The highest BCUT2D eigenvalue weighted by molar-refractivity contribution is 9.10. The third kappa shape index (κ3) is 3.23. The highest BCUT2D eigenvalue weighted by Gasteiger charge is 2.06. The fourth-order valence-electron chi connectivity index (χ4n) is 1.52. The second-order valence-electron chi connectivity index (χ2n) is 3.69. The molecule has 0 unspecified atom stereocenters. The van der Waals surface area contributed by atoms with Gasteiger partial charge in [-0.3, -0.25) is 0 Å². The number of benzene rings is 1. The Balaban J connectivity index is 2.23. The second-order valence-corrected chi connectivity index (χ2v) is 4.54. The van der Waals surface area contributed by atoms with Crippen molar-refractivity contribution in [3.05, 3.63) is 46.6 Å². The molecule has 1 aromatic carbocycles. The topological polar surface area (TPSA) is 71.5 Å². The zero-order valence-corrected chi connectivity index (χ0v) is 11.6. The Hall–Kier alpha value is -2.08. The maximum Gasteiger partial charge on any atom is 0.354 e. The van der Waals surface area contributed by atoms with Crippen LogP contribution in [0.5, 0.6) is 5.75 Å². The lowest BCUT2D eigenvalue weighted by Gasteiger charge is -2.08. The number of rotatable bonds is 4. The van der Waals surface area contributed by atoms with Gasteiger partial charge in [0.15, 0.2) is 5.69 Å². The fourth-order valence-corrected chi connectivity index (χ4v) is 2.06. The average Bonchev–Trinajstić information content (AvgIpc) is 2.39. The quantitative estimate of drug-likeness (QED) is 0.903. The summed E-state index contributed by atoms with van der Waals surface area (Å²) < 4.78 is 5.93. The van der Waals surface area contributed by atoms with Gasteiger partial charge in [-0.2, -0.15) is 0 Å². The number of carbonyl (C=O) groups is 1. The van der Waals surface area contributed by atoms with Crippen LogP contribution < -0.4 is 10.1 Å². The lowest BCUT2D eigenvalue weighted by Crippen LogP contribution is -2.02. The summed E-state index contributed by atoms with van der Waals surface area (Å²) in [5.41, 5.74) is 0.778. The molecule has 1 aromatic heterocycles. The van der Waals surface area contributed by atoms with E-state index in [-0.39, 0.29) is 5.69 Å². The molecule has 2 aromatic rings. The molecule has 0 radical (unpaired) electrons. The highest BCUT2D eigenvalue weighted by atomic mass is 79.9. The molecule has 0 aliphatic rings. The summed E-state index contributed by atoms with van der Waals surface area (Å²) in [4.78, 5) is 14.8. The summed E-state index contributed by atoms with van der Waals surface area (Å²) in [5.74, 6) is 0.134. The number of methoxy groups -OCH3 is 1. The van der Waals surface area contributed by atoms with E-state index < -0.39 is 5.97 Å². The van der Waals surface area contributed by atoms with Crippen molar-refractivity contribution in [2.24, 2.45) is 0 Å². The number of aromatic nitrogens is 1. The van der Waals surface area contributed by atoms with E-state index in [0.29, 0.717) is 5.82 Å². The smallest absolute Gasteiger partial charge is 0.354 e. The average molecular weight is 323 g/mol. The van der Waals surface area contributed by atoms with Gasteiger partial charge in [0.05, 0.1) is 11.6 Å². The molecule has 2 N–H and O–H groups in total. The Bertz CT molecular complexity index is 617. The number of pyridine rings is 1. The molecule has 0 spiro atoms. The van der Waals surface area contributed by atoms with Crippen molar-refractivity contribution in [1.29, 1.82) is 0 Å². The lowest BCUT2D eigenvalue weighted by atomic mass is 10.3. The normalized spacial score (nSPS) is 10.0. The first-order valence-electron chi connectivity index (χ1n) is 5.41. The maximum absolute atomic E-state index is 10.8. The van der Waals surface area contributed by atoms with E-state index in [0.717, 1.165) is 15.9 Å². The van der Waals surface area contributed by atoms with E-state index in [9.17, 15) is 4.79 Å². The first-order chi connectivity index (χ1) is 9.10. The van der Waals surface area contributed by atoms with Crippen LogP contribution in [0, 0.1) is 0 Å². The van der Waals surface area contributed by atoms with Gasteiger partial charge >= 0.3 is 5.97 Å². The minimum absolute atomic E-state index is 0.00224. The molecule has 98 valence electrons. The largest absolute Gasteiger partial charge is 0.496 e. The first kappa shape index (κ1) is 13.4. The summed E-state index contributed by atoms with van der Waals surface area (Å²) in [7, 11) is 1.59. The molecular formula is C13H11BrN2O3. The zero-order chi connectivity index (χ0) is 13.8. The fraction of sp³-hybridized carbons (Fsp3) is 0.0769. The van der Waals surface area contributed by atoms with Gasteiger partial charge in [-0.05, 0) is 46.3 Å². The third-order valence-corrected chi connectivity index (χ3v) is 3.01. The minimum Gasteiger partial charge on any atom is -0.496 e. The Kier molecular flexibility index (Phi) is 4.01. The molecule has 0 aliphatic heterocycles. The molecule has 1 heterocycles. The highest BCUT2D eigenvalue weighted by Crippen LogP contribution is 2.28. The van der Waals surface area contributed by atoms with Gasteiger partial charge in [0, 0.05) is 5.69 Å². The number of nitrogens with zero attached hydrogens (tertiary/aromatic N) is 1. The van der Waals surface area contributed by atoms with Crippen molar-refractivity contribution in [3.8, 4) is 5.75 Å². The molecule has 0 amide bonds. The number of ether oxygens (including phenoxy) is 1. The number of nitrogens with one attached hydrogen (secondary N) is 1. The summed E-state index contributed by atoms with van der Waals surface area (Å²) in [6, 6.07) is 10.2. The van der Waals surface area contributed by atoms with E-state index in [4.69, 9.17) is 9.84 Å². The monoisotopic (exact) mass is 322 g/mol. The summed E-state index contributed by atoms with van der Waals surface area (Å²) >= 11 is 3.38. The van der Waals surface area contributed by atoms with Crippen LogP contribution in [0.4, 0.5) is 11.5 Å². The number of hydrogen-bond acceptors (Lipinski definition) is 4. The van der Waals surface area contributed by atoms with Gasteiger partial charge < -0.3 is 15.2 Å². The molecule has 19 heavy (non-hydrogen) atoms. The Labute approximate surface area is 118 Å². The van der Waals surface area contributed by atoms with E-state index in [1.54, 1.807) is 25.3 Å². The standard InChI is InChI=1S/C13H11BrN2O3/c1-19-11-6-5-8(7-9(11)14)15-12-4-2-3-10(16-12)13(17)18/h2-7H,1H3,(H,15,16)(H,17,18). The van der Waals surface area contributed by atoms with Gasteiger partial charge in [-0.25, -0.2) is 9.78 Å². The molecule has 0 fully saturated rings. The van der Waals surface area contributed by atoms with Crippen LogP contribution in [0.2, 0.25) is 0 Å². The van der Waals surface area contributed by atoms with Crippen molar-refractivity contribution in [2.45, 2.75) is 0 Å². The SMILES string of the molecule is COc1ccc(Nc2cccc(C(=O)O)n2)cc1Br. The Morgan fingerprint density at radius 3 is 2.79 bits per heavy atom. The third-order valence-electron chi connectivity index (χ3n) is 2.39. The number of carboxylic acid groups (broad SMARTS) is 1. The number of aromatic carboxylic acids is 1. The van der Waals surface area contributed by atoms with E-state index in [1.165, 1.54) is 6.07 Å². The predicted octanol–water partition coefficient (Wildman–Crippen LogP) is 3.29. The molecule has 5 nitrogen and oxygen atoms in total. The molecule has 0 bridgehead atoms. The number of halogens is 1. The number of carboxylic acids is 1. The van der Waals surface area contributed by atoms with Crippen molar-refractivity contribution in [2.75, 3.05) is 12.4 Å². The van der Waals surface area contributed by atoms with Crippen LogP contribution in [-0.4, -0.2) is 23.2 Å². The van der Waals surface area contributed by atoms with E-state index in [2.05, 4.69) is 26.2 Å². The van der Waals surface area contributed by atoms with Crippen LogP contribution in [0.15, 0.2) is 40.9 Å². The van der Waals surface area contributed by atoms with Gasteiger partial charge in [0.25, 0.3) is 0 Å². The second kappa shape index (κ2) is 5.71. The minimum atomic E-state index is -1.06. The lowest BCUT2D eigenvalue weighted by molar-refractivity contribution is 0.0690. The van der Waals surface area contributed by atoms with Gasteiger partial charge in [-0.15, -0.1) is 0 Å². The van der Waals surface area contributed by atoms with Gasteiger partial charge in [0.2, 0.25) is 0 Å². The van der Waals surface area contributed by atoms with Crippen molar-refractivity contribution < 1.29 is 14.6 Å². The predicted molar refractivity (Wildman–Crippen MR) is 75.2 cm³/mol. The van der Waals surface area contributed by atoms with Crippen LogP contribution in [0.3, 0.4) is 0 Å². The van der Waals surface area contributed by atoms with E-state index in [1.807, 2.05) is 12.1 Å². The summed E-state index contributed by atoms with van der Waals surface area (Å²) in [6.45, 7) is 0. The van der Waals surface area contributed by atoms with Crippen molar-refractivity contribution in [3.63, 3.8) is 0 Å². The van der Waals surface area contributed by atoms with Crippen molar-refractivity contribution in [1.82, 2.24) is 4.98 Å². The van der Waals surface area contributed by atoms with Gasteiger partial charge in [0.1, 0.15) is 11.6 Å². The van der Waals surface area contributed by atoms with Crippen LogP contribution in [0.1, 0.15) is 10.5 Å². The van der Waals surface area contributed by atoms with E-state index >= 15 is 0 Å². The summed E-state index contributed by atoms with van der Waals surface area (Å²) in [5, 5.41) is 11.9. The molecular weight excluding hydrogens is 312 g/mol. The Morgan fingerprint density at radius 1 is 1.37 bits per heavy atom. The van der Waals surface area contributed by atoms with Gasteiger partial charge in [-0.1, -0.05) is 6.07 Å². The van der Waals surface area contributed by atoms with Crippen LogP contribution >= 0.6 is 15.9 Å². The Morgan fingerprint density at radius 2 is 2.16 bits per heavy atom.